The molecule has 1 saturated heterocycles. The summed E-state index contributed by atoms with van der Waals surface area (Å²) in [6, 6.07) is 22.1. The molecule has 0 spiro atoms. The standard InChI is InChI=1S/C29H35N3O2S/c1-22-19-26-28(35-22)20-24-9-5-6-10-27(24)30-29(26)32-14-13-31(15-17-34-18-16-33)25(21-32)12-11-23-7-3-2-4-8-23/h2-10,19-20,25,30,33H,11-18,21H2,1H3. The van der Waals surface area contributed by atoms with E-state index in [0.717, 1.165) is 39.0 Å². The number of aryl methyl sites for hydroxylation is 2. The molecule has 6 heteroatoms. The van der Waals surface area contributed by atoms with Crippen LogP contribution < -0.4 is 15.1 Å². The molecule has 2 aliphatic heterocycles. The second-order valence-electron chi connectivity index (χ2n) is 9.34. The van der Waals surface area contributed by atoms with Crippen molar-refractivity contribution in [1.82, 2.24) is 9.80 Å². The molecule has 0 saturated carbocycles. The van der Waals surface area contributed by atoms with E-state index in [0.29, 0.717) is 19.3 Å². The minimum absolute atomic E-state index is 0.0795. The Morgan fingerprint density at radius 2 is 1.89 bits per heavy atom. The normalized spacial score (nSPS) is 17.8. The van der Waals surface area contributed by atoms with Crippen molar-refractivity contribution in [3.05, 3.63) is 86.4 Å². The summed E-state index contributed by atoms with van der Waals surface area (Å²) in [4.78, 5) is 6.47. The van der Waals surface area contributed by atoms with Gasteiger partial charge in [-0.15, -0.1) is 11.3 Å². The number of fused-ring (bicyclic) bond motifs is 2. The lowest BCUT2D eigenvalue weighted by atomic mass is 10.0. The average molecular weight is 490 g/mol. The zero-order chi connectivity index (χ0) is 24.0. The van der Waals surface area contributed by atoms with E-state index in [4.69, 9.17) is 9.84 Å². The van der Waals surface area contributed by atoms with Crippen LogP contribution in [0, 0.1) is 6.92 Å². The van der Waals surface area contributed by atoms with Crippen LogP contribution in [0.3, 0.4) is 0 Å². The molecular formula is C29H35N3O2S. The number of nitrogens with zero attached hydrogens (tertiary/aromatic N) is 2. The number of aliphatic hydroxyl groups is 1. The summed E-state index contributed by atoms with van der Waals surface area (Å²) in [7, 11) is 0. The molecule has 3 heterocycles. The lowest BCUT2D eigenvalue weighted by Crippen LogP contribution is -2.55. The molecule has 1 aromatic heterocycles. The fourth-order valence-electron chi connectivity index (χ4n) is 5.14. The Kier molecular flexibility index (Phi) is 7.84. The third kappa shape index (κ3) is 5.78. The number of rotatable bonds is 9. The van der Waals surface area contributed by atoms with Gasteiger partial charge >= 0.3 is 0 Å². The number of hydrogen-bond acceptors (Lipinski definition) is 6. The zero-order valence-electron chi connectivity index (χ0n) is 20.5. The predicted octanol–water partition coefficient (Wildman–Crippen LogP) is 3.00. The van der Waals surface area contributed by atoms with E-state index in [-0.39, 0.29) is 6.61 Å². The highest BCUT2D eigenvalue weighted by molar-refractivity contribution is 7.09. The highest BCUT2D eigenvalue weighted by Crippen LogP contribution is 2.24. The number of hydrogen-bond donors (Lipinski definition) is 2. The van der Waals surface area contributed by atoms with Crippen molar-refractivity contribution >= 4 is 28.9 Å². The molecule has 1 unspecified atom stereocenters. The number of aliphatic hydroxyl groups excluding tert-OH is 1. The number of anilines is 1. The molecule has 2 N–H and O–H groups in total. The lowest BCUT2D eigenvalue weighted by molar-refractivity contribution is 0.0407. The molecular weight excluding hydrogens is 454 g/mol. The Balaban J connectivity index is 1.40. The van der Waals surface area contributed by atoms with Crippen LogP contribution in [-0.4, -0.2) is 66.9 Å². The first kappa shape index (κ1) is 24.1. The van der Waals surface area contributed by atoms with Gasteiger partial charge in [0.15, 0.2) is 0 Å². The Labute approximate surface area is 212 Å². The maximum Gasteiger partial charge on any atom is 0.115 e. The van der Waals surface area contributed by atoms with Crippen molar-refractivity contribution < 1.29 is 9.84 Å². The number of benzene rings is 2. The summed E-state index contributed by atoms with van der Waals surface area (Å²) in [6.45, 7) is 7.19. The van der Waals surface area contributed by atoms with Gasteiger partial charge in [0.25, 0.3) is 0 Å². The first-order valence-electron chi connectivity index (χ1n) is 12.6. The summed E-state index contributed by atoms with van der Waals surface area (Å²) in [6.07, 6.45) is 4.49. The number of ether oxygens (including phenoxy) is 1. The predicted molar refractivity (Wildman–Crippen MR) is 145 cm³/mol. The first-order chi connectivity index (χ1) is 17.2. The van der Waals surface area contributed by atoms with E-state index < -0.39 is 0 Å². The third-order valence-corrected chi connectivity index (χ3v) is 7.93. The Morgan fingerprint density at radius 3 is 2.74 bits per heavy atom. The van der Waals surface area contributed by atoms with Gasteiger partial charge in [-0.1, -0.05) is 48.5 Å². The Bertz CT molecular complexity index is 1240. The summed E-state index contributed by atoms with van der Waals surface area (Å²) in [5.41, 5.74) is 3.80. The van der Waals surface area contributed by atoms with Crippen LogP contribution in [0.25, 0.3) is 11.9 Å². The van der Waals surface area contributed by atoms with Gasteiger partial charge in [0.2, 0.25) is 0 Å². The fourth-order valence-corrected chi connectivity index (χ4v) is 6.11. The van der Waals surface area contributed by atoms with Crippen molar-refractivity contribution in [2.45, 2.75) is 25.8 Å². The summed E-state index contributed by atoms with van der Waals surface area (Å²) in [5.74, 6) is 1.23. The van der Waals surface area contributed by atoms with Gasteiger partial charge in [-0.05, 0) is 49.1 Å². The monoisotopic (exact) mass is 489 g/mol. The molecule has 0 aliphatic carbocycles. The number of para-hydroxylation sites is 1. The first-order valence-corrected chi connectivity index (χ1v) is 13.4. The number of nitrogens with one attached hydrogen (secondary N) is 1. The quantitative estimate of drug-likeness (QED) is 0.453. The highest BCUT2D eigenvalue weighted by Gasteiger charge is 2.29. The molecule has 2 aromatic carbocycles. The van der Waals surface area contributed by atoms with Gasteiger partial charge in [-0.3, -0.25) is 4.90 Å². The van der Waals surface area contributed by atoms with E-state index >= 15 is 0 Å². The third-order valence-electron chi connectivity index (χ3n) is 6.93. The maximum absolute atomic E-state index is 9.06. The minimum Gasteiger partial charge on any atom is -0.394 e. The Hall–Kier alpha value is -2.64. The highest BCUT2D eigenvalue weighted by atomic mass is 32.1. The SMILES string of the molecule is Cc1cc2c(s1)=Cc1ccccc1NC=2N1CCN(CCOCCO)C(CCc2ccccc2)C1. The summed E-state index contributed by atoms with van der Waals surface area (Å²) >= 11 is 1.87. The van der Waals surface area contributed by atoms with E-state index in [1.807, 2.05) is 11.3 Å². The van der Waals surface area contributed by atoms with E-state index in [2.05, 4.69) is 88.8 Å². The van der Waals surface area contributed by atoms with Crippen LogP contribution in [-0.2, 0) is 11.2 Å². The molecule has 184 valence electrons. The van der Waals surface area contributed by atoms with Gasteiger partial charge < -0.3 is 20.1 Å². The number of thiophene rings is 1. The molecule has 3 aromatic rings. The van der Waals surface area contributed by atoms with E-state index in [9.17, 15) is 0 Å². The van der Waals surface area contributed by atoms with E-state index in [1.54, 1.807) is 0 Å². The molecule has 1 atom stereocenters. The maximum atomic E-state index is 9.06. The van der Waals surface area contributed by atoms with Crippen LogP contribution in [0.1, 0.15) is 22.4 Å². The van der Waals surface area contributed by atoms with Crippen LogP contribution in [0.4, 0.5) is 5.69 Å². The second kappa shape index (κ2) is 11.4. The molecule has 0 radical (unpaired) electrons. The van der Waals surface area contributed by atoms with Gasteiger partial charge in [0, 0.05) is 52.5 Å². The molecule has 35 heavy (non-hydrogen) atoms. The molecule has 0 bridgehead atoms. The van der Waals surface area contributed by atoms with E-state index in [1.165, 1.54) is 37.3 Å². The average Bonchev–Trinajstić information content (AvgIpc) is 3.17. The van der Waals surface area contributed by atoms with Crippen LogP contribution in [0.15, 0.2) is 60.7 Å². The second-order valence-corrected chi connectivity index (χ2v) is 10.6. The van der Waals surface area contributed by atoms with Crippen molar-refractivity contribution in [2.24, 2.45) is 0 Å². The Morgan fingerprint density at radius 1 is 1.06 bits per heavy atom. The van der Waals surface area contributed by atoms with Crippen LogP contribution in [0.2, 0.25) is 0 Å². The molecule has 2 aliphatic rings. The molecule has 5 rings (SSSR count). The van der Waals surface area contributed by atoms with Crippen molar-refractivity contribution in [3.8, 4) is 0 Å². The van der Waals surface area contributed by atoms with Gasteiger partial charge in [-0.25, -0.2) is 0 Å². The smallest absolute Gasteiger partial charge is 0.115 e. The van der Waals surface area contributed by atoms with Crippen LogP contribution in [0.5, 0.6) is 0 Å². The fraction of sp³-hybridized carbons (Fsp3) is 0.379. The largest absolute Gasteiger partial charge is 0.394 e. The molecule has 1 fully saturated rings. The van der Waals surface area contributed by atoms with Crippen molar-refractivity contribution in [1.29, 1.82) is 0 Å². The zero-order valence-corrected chi connectivity index (χ0v) is 21.3. The van der Waals surface area contributed by atoms with Crippen molar-refractivity contribution in [2.75, 3.05) is 51.3 Å². The van der Waals surface area contributed by atoms with Gasteiger partial charge in [-0.2, -0.15) is 0 Å². The number of piperazine rings is 1. The van der Waals surface area contributed by atoms with Crippen LogP contribution >= 0.6 is 11.3 Å². The molecule has 5 nitrogen and oxygen atoms in total. The van der Waals surface area contributed by atoms with Gasteiger partial charge in [0.1, 0.15) is 5.82 Å². The van der Waals surface area contributed by atoms with Crippen molar-refractivity contribution in [3.63, 3.8) is 0 Å². The summed E-state index contributed by atoms with van der Waals surface area (Å²) < 4.78 is 6.95. The van der Waals surface area contributed by atoms with Gasteiger partial charge in [0.05, 0.1) is 19.8 Å². The molecule has 0 amide bonds. The summed E-state index contributed by atoms with van der Waals surface area (Å²) in [5, 5.41) is 14.2. The lowest BCUT2D eigenvalue weighted by Gasteiger charge is -2.43. The minimum atomic E-state index is 0.0795. The topological polar surface area (TPSA) is 48.0 Å².